The predicted molar refractivity (Wildman–Crippen MR) is 172 cm³/mol. The lowest BCUT2D eigenvalue weighted by atomic mass is 10.1. The molecule has 4 aromatic carbocycles. The van der Waals surface area contributed by atoms with Gasteiger partial charge in [-0.15, -0.1) is 0 Å². The molecule has 216 valence electrons. The third-order valence-electron chi connectivity index (χ3n) is 6.88. The Balaban J connectivity index is 1.32. The number of nitrogens with one attached hydrogen (secondary N) is 1. The molecule has 0 unspecified atom stereocenters. The number of para-hydroxylation sites is 2. The highest BCUT2D eigenvalue weighted by molar-refractivity contribution is 6.32. The number of hydrogen-bond acceptors (Lipinski definition) is 6. The standard InChI is InChI=1S/C35H26ClN5O3/c1-2-43-32-17-12-23(18-30(32)36)22-44-28-15-13-24(14-16-28)33-26(21-41(40-33)27-8-4-3-5-9-27)19-25(20-37)34-38-31-11-7-6-10-29(31)35(42)39-34/h3-19,21H,2,22H2,1H3,(H,38,39,42)/b25-19+. The number of rotatable bonds is 9. The fraction of sp³-hybridized carbons (Fsp3) is 0.0857. The van der Waals surface area contributed by atoms with Gasteiger partial charge in [0, 0.05) is 17.3 Å². The van der Waals surface area contributed by atoms with Crippen LogP contribution in [-0.4, -0.2) is 26.4 Å². The summed E-state index contributed by atoms with van der Waals surface area (Å²) < 4.78 is 13.3. The number of aromatic amines is 1. The first-order valence-electron chi connectivity index (χ1n) is 13.9. The van der Waals surface area contributed by atoms with Crippen LogP contribution in [0.4, 0.5) is 0 Å². The minimum atomic E-state index is -0.310. The highest BCUT2D eigenvalue weighted by atomic mass is 35.5. The van der Waals surface area contributed by atoms with Crippen molar-refractivity contribution in [2.75, 3.05) is 6.61 Å². The van der Waals surface area contributed by atoms with Gasteiger partial charge >= 0.3 is 0 Å². The van der Waals surface area contributed by atoms with Crippen LogP contribution in [0, 0.1) is 11.3 Å². The summed E-state index contributed by atoms with van der Waals surface area (Å²) in [5.41, 5.74) is 4.33. The molecule has 2 heterocycles. The van der Waals surface area contributed by atoms with E-state index in [0.717, 1.165) is 16.8 Å². The summed E-state index contributed by atoms with van der Waals surface area (Å²) in [6, 6.07) is 32.1. The van der Waals surface area contributed by atoms with E-state index in [1.54, 1.807) is 35.0 Å². The van der Waals surface area contributed by atoms with E-state index in [0.29, 0.717) is 51.9 Å². The van der Waals surface area contributed by atoms with Gasteiger partial charge in [0.1, 0.15) is 24.2 Å². The first-order valence-corrected chi connectivity index (χ1v) is 14.3. The fourth-order valence-corrected chi connectivity index (χ4v) is 4.99. The topological polar surface area (TPSA) is 106 Å². The van der Waals surface area contributed by atoms with E-state index >= 15 is 0 Å². The lowest BCUT2D eigenvalue weighted by molar-refractivity contribution is 0.305. The predicted octanol–water partition coefficient (Wildman–Crippen LogP) is 7.47. The molecule has 9 heteroatoms. The molecule has 0 aliphatic heterocycles. The Morgan fingerprint density at radius 2 is 1.77 bits per heavy atom. The summed E-state index contributed by atoms with van der Waals surface area (Å²) in [4.78, 5) is 20.0. The van der Waals surface area contributed by atoms with Gasteiger partial charge in [0.2, 0.25) is 0 Å². The third-order valence-corrected chi connectivity index (χ3v) is 7.18. The monoisotopic (exact) mass is 599 g/mol. The molecule has 0 amide bonds. The largest absolute Gasteiger partial charge is 0.492 e. The summed E-state index contributed by atoms with van der Waals surface area (Å²) in [5.74, 6) is 1.51. The number of hydrogen-bond donors (Lipinski definition) is 1. The van der Waals surface area contributed by atoms with Crippen LogP contribution in [0.1, 0.15) is 23.9 Å². The van der Waals surface area contributed by atoms with Crippen molar-refractivity contribution in [3.8, 4) is 34.5 Å². The van der Waals surface area contributed by atoms with Gasteiger partial charge in [0.25, 0.3) is 5.56 Å². The van der Waals surface area contributed by atoms with E-state index in [4.69, 9.17) is 26.2 Å². The van der Waals surface area contributed by atoms with Gasteiger partial charge in [-0.1, -0.05) is 48.0 Å². The van der Waals surface area contributed by atoms with Crippen molar-refractivity contribution in [2.45, 2.75) is 13.5 Å². The van der Waals surface area contributed by atoms with E-state index in [-0.39, 0.29) is 17.0 Å². The van der Waals surface area contributed by atoms with E-state index < -0.39 is 0 Å². The normalized spacial score (nSPS) is 11.3. The maximum absolute atomic E-state index is 12.7. The second-order valence-corrected chi connectivity index (χ2v) is 10.2. The average Bonchev–Trinajstić information content (AvgIpc) is 3.48. The highest BCUT2D eigenvalue weighted by Gasteiger charge is 2.15. The Bertz CT molecular complexity index is 2080. The minimum absolute atomic E-state index is 0.188. The molecule has 2 aromatic heterocycles. The van der Waals surface area contributed by atoms with Gasteiger partial charge < -0.3 is 14.5 Å². The number of aromatic nitrogens is 4. The van der Waals surface area contributed by atoms with Crippen LogP contribution in [0.3, 0.4) is 0 Å². The Kier molecular flexibility index (Phi) is 8.21. The zero-order valence-electron chi connectivity index (χ0n) is 23.7. The Hall–Kier alpha value is -5.65. The van der Waals surface area contributed by atoms with Gasteiger partial charge in [-0.05, 0) is 79.2 Å². The molecule has 6 rings (SSSR count). The van der Waals surface area contributed by atoms with Crippen LogP contribution < -0.4 is 15.0 Å². The summed E-state index contributed by atoms with van der Waals surface area (Å²) in [5, 5.41) is 16.0. The van der Waals surface area contributed by atoms with Gasteiger partial charge in [-0.25, -0.2) is 9.67 Å². The lowest BCUT2D eigenvalue weighted by Gasteiger charge is -2.10. The number of H-pyrrole nitrogens is 1. The molecule has 0 fully saturated rings. The Morgan fingerprint density at radius 1 is 1.00 bits per heavy atom. The maximum Gasteiger partial charge on any atom is 0.259 e. The lowest BCUT2D eigenvalue weighted by Crippen LogP contribution is -2.11. The van der Waals surface area contributed by atoms with Crippen molar-refractivity contribution in [1.29, 1.82) is 5.26 Å². The number of halogens is 1. The minimum Gasteiger partial charge on any atom is -0.492 e. The third kappa shape index (κ3) is 6.09. The number of benzene rings is 4. The molecule has 0 bridgehead atoms. The van der Waals surface area contributed by atoms with Crippen molar-refractivity contribution < 1.29 is 9.47 Å². The molecule has 0 aliphatic carbocycles. The van der Waals surface area contributed by atoms with Crippen LogP contribution in [0.15, 0.2) is 108 Å². The summed E-state index contributed by atoms with van der Waals surface area (Å²) in [6.07, 6.45) is 3.54. The van der Waals surface area contributed by atoms with Crippen molar-refractivity contribution in [1.82, 2.24) is 19.7 Å². The first-order chi connectivity index (χ1) is 21.5. The quantitative estimate of drug-likeness (QED) is 0.173. The molecule has 0 radical (unpaired) electrons. The highest BCUT2D eigenvalue weighted by Crippen LogP contribution is 2.30. The van der Waals surface area contributed by atoms with Crippen LogP contribution >= 0.6 is 11.6 Å². The van der Waals surface area contributed by atoms with Crippen molar-refractivity contribution in [2.24, 2.45) is 0 Å². The van der Waals surface area contributed by atoms with Gasteiger partial charge in [0.05, 0.1) is 39.5 Å². The van der Waals surface area contributed by atoms with Crippen LogP contribution in [0.25, 0.3) is 39.5 Å². The number of ether oxygens (including phenoxy) is 2. The first kappa shape index (κ1) is 28.5. The van der Waals surface area contributed by atoms with Crippen LogP contribution in [0.5, 0.6) is 11.5 Å². The second-order valence-electron chi connectivity index (χ2n) is 9.83. The second kappa shape index (κ2) is 12.7. The SMILES string of the molecule is CCOc1ccc(COc2ccc(-c3nn(-c4ccccc4)cc3/C=C(\C#N)c3nc4ccccc4c(=O)[nH]3)cc2)cc1Cl. The molecule has 1 N–H and O–H groups in total. The molecule has 0 saturated carbocycles. The van der Waals surface area contributed by atoms with E-state index in [9.17, 15) is 10.1 Å². The van der Waals surface area contributed by atoms with E-state index in [1.165, 1.54) is 0 Å². The summed E-state index contributed by atoms with van der Waals surface area (Å²) in [7, 11) is 0. The molecule has 0 aliphatic rings. The van der Waals surface area contributed by atoms with Crippen molar-refractivity contribution in [3.63, 3.8) is 0 Å². The molecule has 8 nitrogen and oxygen atoms in total. The number of nitriles is 1. The maximum atomic E-state index is 12.7. The zero-order valence-corrected chi connectivity index (χ0v) is 24.5. The molecule has 0 saturated heterocycles. The molecular formula is C35H26ClN5O3. The number of fused-ring (bicyclic) bond motifs is 1. The van der Waals surface area contributed by atoms with E-state index in [2.05, 4.69) is 16.0 Å². The summed E-state index contributed by atoms with van der Waals surface area (Å²) in [6.45, 7) is 2.79. The van der Waals surface area contributed by atoms with Crippen molar-refractivity contribution >= 4 is 34.2 Å². The van der Waals surface area contributed by atoms with Crippen LogP contribution in [-0.2, 0) is 6.61 Å². The molecule has 44 heavy (non-hydrogen) atoms. The van der Waals surface area contributed by atoms with E-state index in [1.807, 2.05) is 85.9 Å². The van der Waals surface area contributed by atoms with Gasteiger partial charge in [-0.3, -0.25) is 4.79 Å². The fourth-order valence-electron chi connectivity index (χ4n) is 4.74. The Labute approximate surface area is 258 Å². The number of nitrogens with zero attached hydrogens (tertiary/aromatic N) is 4. The molecule has 0 spiro atoms. The smallest absolute Gasteiger partial charge is 0.259 e. The molecule has 0 atom stereocenters. The van der Waals surface area contributed by atoms with Gasteiger partial charge in [-0.2, -0.15) is 10.4 Å². The van der Waals surface area contributed by atoms with Crippen LogP contribution in [0.2, 0.25) is 5.02 Å². The van der Waals surface area contributed by atoms with Crippen molar-refractivity contribution in [3.05, 3.63) is 136 Å². The van der Waals surface area contributed by atoms with Gasteiger partial charge in [0.15, 0.2) is 5.82 Å². The average molecular weight is 600 g/mol. The number of allylic oxidation sites excluding steroid dienone is 1. The Morgan fingerprint density at radius 3 is 2.52 bits per heavy atom. The molecular weight excluding hydrogens is 574 g/mol. The molecule has 6 aromatic rings. The zero-order chi connectivity index (χ0) is 30.5. The summed E-state index contributed by atoms with van der Waals surface area (Å²) >= 11 is 6.32.